The van der Waals surface area contributed by atoms with Gasteiger partial charge >= 0.3 is 5.97 Å². The fourth-order valence-electron chi connectivity index (χ4n) is 2.56. The van der Waals surface area contributed by atoms with Gasteiger partial charge in [-0.2, -0.15) is 15.3 Å². The van der Waals surface area contributed by atoms with Crippen LogP contribution in [0.4, 0.5) is 10.9 Å². The number of nitrogens with zero attached hydrogens (tertiary/aromatic N) is 5. The molecule has 1 amide bonds. The van der Waals surface area contributed by atoms with Crippen molar-refractivity contribution in [2.24, 2.45) is 5.10 Å². The Hall–Kier alpha value is -3.76. The number of carbonyl (C=O) groups excluding carboxylic acids is 2. The summed E-state index contributed by atoms with van der Waals surface area (Å²) in [7, 11) is 0. The molecule has 3 aromatic heterocycles. The van der Waals surface area contributed by atoms with Gasteiger partial charge in [-0.05, 0) is 32.4 Å². The molecule has 0 spiro atoms. The number of thioether (sulfide) groups is 1. The average molecular weight is 485 g/mol. The third kappa shape index (κ3) is 6.15. The van der Waals surface area contributed by atoms with E-state index < -0.39 is 5.97 Å². The number of anilines is 2. The predicted octanol–water partition coefficient (Wildman–Crippen LogP) is 3.18. The minimum Gasteiger partial charge on any atom is -0.462 e. The van der Waals surface area contributed by atoms with Gasteiger partial charge in [0.2, 0.25) is 17.0 Å². The van der Waals surface area contributed by atoms with Crippen molar-refractivity contribution in [3.63, 3.8) is 0 Å². The largest absolute Gasteiger partial charge is 0.462 e. The Morgan fingerprint density at radius 3 is 2.94 bits per heavy atom. The van der Waals surface area contributed by atoms with Gasteiger partial charge in [0.05, 0.1) is 23.6 Å². The summed E-state index contributed by atoms with van der Waals surface area (Å²) in [6.45, 7) is 5.39. The van der Waals surface area contributed by atoms with Crippen LogP contribution >= 0.6 is 23.1 Å². The van der Waals surface area contributed by atoms with E-state index in [0.29, 0.717) is 26.5 Å². The molecular formula is C20H20N8O3S2. The highest BCUT2D eigenvalue weighted by Gasteiger charge is 2.22. The second-order valence-electron chi connectivity index (χ2n) is 6.45. The van der Waals surface area contributed by atoms with Crippen LogP contribution in [0, 0.1) is 18.3 Å². The summed E-state index contributed by atoms with van der Waals surface area (Å²) in [5.74, 6) is -0.557. The van der Waals surface area contributed by atoms with E-state index in [1.165, 1.54) is 0 Å². The number of ether oxygens (including phenoxy) is 1. The van der Waals surface area contributed by atoms with Gasteiger partial charge in [0.25, 0.3) is 0 Å². The zero-order valence-electron chi connectivity index (χ0n) is 18.0. The molecular weight excluding hydrogens is 464 g/mol. The van der Waals surface area contributed by atoms with Crippen LogP contribution in [0.2, 0.25) is 0 Å². The summed E-state index contributed by atoms with van der Waals surface area (Å²) in [4.78, 5) is 33.0. The van der Waals surface area contributed by atoms with Gasteiger partial charge in [-0.15, -0.1) is 16.4 Å². The highest BCUT2D eigenvalue weighted by Crippen LogP contribution is 2.33. The lowest BCUT2D eigenvalue weighted by Crippen LogP contribution is -2.14. The van der Waals surface area contributed by atoms with E-state index in [0.717, 1.165) is 34.4 Å². The normalized spacial score (nSPS) is 11.0. The fraction of sp³-hybridized carbons (Fsp3) is 0.250. The lowest BCUT2D eigenvalue weighted by atomic mass is 10.2. The summed E-state index contributed by atoms with van der Waals surface area (Å²) in [5.41, 5.74) is 5.08. The van der Waals surface area contributed by atoms with Crippen LogP contribution in [0.1, 0.15) is 40.2 Å². The minimum absolute atomic E-state index is 0.00578. The van der Waals surface area contributed by atoms with E-state index in [4.69, 9.17) is 4.74 Å². The minimum atomic E-state index is -0.520. The number of nitrogens with one attached hydrogen (secondary N) is 3. The molecule has 0 saturated carbocycles. The molecule has 3 aromatic rings. The maximum Gasteiger partial charge on any atom is 0.348 e. The first kappa shape index (κ1) is 23.9. The topological polar surface area (TPSA) is 158 Å². The molecule has 0 radical (unpaired) electrons. The van der Waals surface area contributed by atoms with E-state index in [-0.39, 0.29) is 23.8 Å². The van der Waals surface area contributed by atoms with E-state index in [9.17, 15) is 14.9 Å². The number of hydrogen-bond donors (Lipinski definition) is 3. The Kier molecular flexibility index (Phi) is 8.11. The Morgan fingerprint density at radius 2 is 2.24 bits per heavy atom. The Bertz CT molecular complexity index is 1210. The van der Waals surface area contributed by atoms with Crippen LogP contribution in [0.5, 0.6) is 0 Å². The molecule has 0 bridgehead atoms. The Labute approximate surface area is 197 Å². The third-order valence-corrected chi connectivity index (χ3v) is 6.21. The van der Waals surface area contributed by atoms with E-state index in [1.807, 2.05) is 25.1 Å². The number of carbonyl (C=O) groups is 2. The van der Waals surface area contributed by atoms with Crippen molar-refractivity contribution in [3.05, 3.63) is 46.1 Å². The van der Waals surface area contributed by atoms with Crippen molar-refractivity contribution in [2.75, 3.05) is 23.1 Å². The maximum atomic E-state index is 12.4. The molecule has 3 rings (SSSR count). The van der Waals surface area contributed by atoms with Crippen molar-refractivity contribution < 1.29 is 14.3 Å². The highest BCUT2D eigenvalue weighted by molar-refractivity contribution is 7.99. The molecule has 0 aliphatic heterocycles. The zero-order chi connectivity index (χ0) is 23.8. The number of aromatic amines is 1. The number of nitriles is 1. The number of pyridine rings is 1. The zero-order valence-corrected chi connectivity index (χ0v) is 19.6. The number of hydrazone groups is 1. The van der Waals surface area contributed by atoms with E-state index >= 15 is 0 Å². The molecule has 0 atom stereocenters. The van der Waals surface area contributed by atoms with Crippen LogP contribution in [-0.4, -0.2) is 50.1 Å². The molecule has 0 fully saturated rings. The molecule has 0 saturated heterocycles. The second-order valence-corrected chi connectivity index (χ2v) is 8.41. The van der Waals surface area contributed by atoms with Gasteiger partial charge in [0, 0.05) is 18.0 Å². The Morgan fingerprint density at radius 1 is 1.42 bits per heavy atom. The molecule has 3 heterocycles. The number of hydrogen-bond acceptors (Lipinski definition) is 11. The van der Waals surface area contributed by atoms with E-state index in [1.54, 1.807) is 26.2 Å². The number of esters is 1. The molecule has 170 valence electrons. The fourth-order valence-corrected chi connectivity index (χ4v) is 4.23. The number of aromatic nitrogens is 4. The van der Waals surface area contributed by atoms with Crippen LogP contribution in [0.15, 0.2) is 34.8 Å². The molecule has 0 unspecified atom stereocenters. The summed E-state index contributed by atoms with van der Waals surface area (Å²) in [5, 5.41) is 23.7. The summed E-state index contributed by atoms with van der Waals surface area (Å²) >= 11 is 2.12. The quantitative estimate of drug-likeness (QED) is 0.179. The summed E-state index contributed by atoms with van der Waals surface area (Å²) < 4.78 is 5.00. The predicted molar refractivity (Wildman–Crippen MR) is 126 cm³/mol. The molecule has 0 aliphatic rings. The number of H-pyrrole nitrogens is 1. The monoisotopic (exact) mass is 484 g/mol. The molecule has 3 N–H and O–H groups in total. The molecule has 11 nitrogen and oxygen atoms in total. The van der Waals surface area contributed by atoms with Crippen molar-refractivity contribution >= 4 is 51.6 Å². The van der Waals surface area contributed by atoms with Crippen LogP contribution < -0.4 is 10.7 Å². The van der Waals surface area contributed by atoms with Gasteiger partial charge < -0.3 is 10.1 Å². The van der Waals surface area contributed by atoms with Gasteiger partial charge in [0.15, 0.2) is 0 Å². The van der Waals surface area contributed by atoms with Gasteiger partial charge in [-0.25, -0.2) is 15.3 Å². The van der Waals surface area contributed by atoms with Crippen molar-refractivity contribution in [1.29, 1.82) is 5.26 Å². The van der Waals surface area contributed by atoms with Crippen LogP contribution in [0.3, 0.4) is 0 Å². The molecule has 33 heavy (non-hydrogen) atoms. The summed E-state index contributed by atoms with van der Waals surface area (Å²) in [6.07, 6.45) is 3.38. The molecule has 0 aliphatic carbocycles. The maximum absolute atomic E-state index is 12.4. The smallest absolute Gasteiger partial charge is 0.348 e. The number of amides is 1. The second kappa shape index (κ2) is 11.2. The van der Waals surface area contributed by atoms with Crippen LogP contribution in [-0.2, 0) is 9.53 Å². The van der Waals surface area contributed by atoms with Gasteiger partial charge in [-0.1, -0.05) is 17.8 Å². The van der Waals surface area contributed by atoms with Crippen molar-refractivity contribution in [3.8, 4) is 6.07 Å². The van der Waals surface area contributed by atoms with Gasteiger partial charge in [-0.3, -0.25) is 9.78 Å². The SMILES string of the molecule is CCOC(=O)c1sc(NC(=O)CSc2n[nH]c(N/N=C(\C)c3cccnc3)n2)c(C#N)c1C. The number of thiophene rings is 1. The first-order valence-electron chi connectivity index (χ1n) is 9.69. The first-order valence-corrected chi connectivity index (χ1v) is 11.5. The standard InChI is InChI=1S/C20H20N8O3S2/c1-4-31-18(30)16-11(2)14(8-21)17(33-16)23-15(29)10-32-20-24-19(27-28-20)26-25-12(3)13-6-5-7-22-9-13/h5-7,9H,4,10H2,1-3H3,(H,23,29)(H2,24,26,27,28)/b25-12+. The average Bonchev–Trinajstić information content (AvgIpc) is 3.40. The lowest BCUT2D eigenvalue weighted by molar-refractivity contribution is -0.113. The van der Waals surface area contributed by atoms with Crippen molar-refractivity contribution in [1.82, 2.24) is 20.2 Å². The number of rotatable bonds is 9. The first-order chi connectivity index (χ1) is 15.9. The van der Waals surface area contributed by atoms with Gasteiger partial charge in [0.1, 0.15) is 15.9 Å². The highest BCUT2D eigenvalue weighted by atomic mass is 32.2. The lowest BCUT2D eigenvalue weighted by Gasteiger charge is -2.01. The molecule has 13 heteroatoms. The van der Waals surface area contributed by atoms with Crippen molar-refractivity contribution in [2.45, 2.75) is 25.9 Å². The Balaban J connectivity index is 1.57. The van der Waals surface area contributed by atoms with Crippen LogP contribution in [0.25, 0.3) is 0 Å². The molecule has 0 aromatic carbocycles. The van der Waals surface area contributed by atoms with E-state index in [2.05, 4.69) is 36.0 Å². The third-order valence-electron chi connectivity index (χ3n) is 4.18. The summed E-state index contributed by atoms with van der Waals surface area (Å²) in [6, 6.07) is 5.73.